The molecule has 0 aromatic carbocycles. The summed E-state index contributed by atoms with van der Waals surface area (Å²) in [5.74, 6) is 0.697. The molecular weight excluding hydrogens is 248 g/mol. The monoisotopic (exact) mass is 276 g/mol. The first-order chi connectivity index (χ1) is 8.99. The van der Waals surface area contributed by atoms with Gasteiger partial charge in [0.25, 0.3) is 0 Å². The Morgan fingerprint density at radius 1 is 0.700 bits per heavy atom. The van der Waals surface area contributed by atoms with E-state index in [1.807, 2.05) is 0 Å². The van der Waals surface area contributed by atoms with Crippen molar-refractivity contribution in [3.63, 3.8) is 0 Å². The number of allylic oxidation sites excluding steroid dienone is 2. The van der Waals surface area contributed by atoms with Crippen LogP contribution in [0.2, 0.25) is 0 Å². The van der Waals surface area contributed by atoms with Crippen molar-refractivity contribution in [2.45, 2.75) is 66.2 Å². The lowest BCUT2D eigenvalue weighted by Gasteiger charge is -2.29. The molecule has 0 spiro atoms. The van der Waals surface area contributed by atoms with Crippen LogP contribution in [0.5, 0.6) is 0 Å². The third-order valence-corrected chi connectivity index (χ3v) is 3.70. The van der Waals surface area contributed by atoms with E-state index in [0.29, 0.717) is 24.4 Å². The molecule has 0 aromatic heterocycles. The molecule has 2 fully saturated rings. The van der Waals surface area contributed by atoms with Crippen LogP contribution >= 0.6 is 0 Å². The van der Waals surface area contributed by atoms with E-state index in [9.17, 15) is 9.59 Å². The SMILES string of the molecule is C=C1CC(=O)CC(C)(C)C1.C=C1CC(=O)CC(C)(C)C1. The molecule has 0 bridgehead atoms. The Hall–Kier alpha value is -1.18. The highest BCUT2D eigenvalue weighted by Crippen LogP contribution is 2.36. The second-order valence-corrected chi connectivity index (χ2v) is 7.97. The molecule has 2 aliphatic carbocycles. The number of hydrogen-bond donors (Lipinski definition) is 0. The average Bonchev–Trinajstić information content (AvgIpc) is 2.08. The van der Waals surface area contributed by atoms with Crippen LogP contribution in [-0.4, -0.2) is 11.6 Å². The summed E-state index contributed by atoms with van der Waals surface area (Å²) in [5, 5.41) is 0. The third-order valence-electron chi connectivity index (χ3n) is 3.70. The van der Waals surface area contributed by atoms with Crippen LogP contribution in [-0.2, 0) is 9.59 Å². The highest BCUT2D eigenvalue weighted by Gasteiger charge is 2.28. The van der Waals surface area contributed by atoms with Crippen LogP contribution in [0.25, 0.3) is 0 Å². The fourth-order valence-corrected chi connectivity index (χ4v) is 3.35. The first-order valence-corrected chi connectivity index (χ1v) is 7.36. The van der Waals surface area contributed by atoms with Crippen LogP contribution in [0.1, 0.15) is 66.2 Å². The zero-order chi connectivity index (χ0) is 15.6. The molecule has 0 heterocycles. The minimum absolute atomic E-state index is 0.173. The highest BCUT2D eigenvalue weighted by molar-refractivity contribution is 5.83. The van der Waals surface area contributed by atoms with E-state index in [1.54, 1.807) is 0 Å². The molecule has 2 heteroatoms. The number of carbonyl (C=O) groups is 2. The third kappa shape index (κ3) is 5.85. The first kappa shape index (κ1) is 16.9. The molecular formula is C18H28O2. The van der Waals surface area contributed by atoms with Gasteiger partial charge in [0.1, 0.15) is 11.6 Å². The van der Waals surface area contributed by atoms with Crippen molar-refractivity contribution < 1.29 is 9.59 Å². The maximum atomic E-state index is 11.0. The van der Waals surface area contributed by atoms with Crippen molar-refractivity contribution in [2.75, 3.05) is 0 Å². The van der Waals surface area contributed by atoms with Gasteiger partial charge in [0.05, 0.1) is 0 Å². The van der Waals surface area contributed by atoms with Gasteiger partial charge in [0, 0.05) is 25.7 Å². The van der Waals surface area contributed by atoms with Gasteiger partial charge < -0.3 is 0 Å². The predicted octanol–water partition coefficient (Wildman–Crippen LogP) is 4.64. The maximum Gasteiger partial charge on any atom is 0.137 e. The Morgan fingerprint density at radius 2 is 1.00 bits per heavy atom. The topological polar surface area (TPSA) is 34.1 Å². The minimum Gasteiger partial charge on any atom is -0.299 e. The van der Waals surface area contributed by atoms with Crippen molar-refractivity contribution in [3.05, 3.63) is 24.3 Å². The fourth-order valence-electron chi connectivity index (χ4n) is 3.35. The zero-order valence-electron chi connectivity index (χ0n) is 13.5. The van der Waals surface area contributed by atoms with Gasteiger partial charge in [-0.3, -0.25) is 9.59 Å². The summed E-state index contributed by atoms with van der Waals surface area (Å²) in [6.45, 7) is 16.2. The van der Waals surface area contributed by atoms with Crippen LogP contribution in [0.4, 0.5) is 0 Å². The normalized spacial score (nSPS) is 25.0. The lowest BCUT2D eigenvalue weighted by atomic mass is 9.75. The summed E-state index contributed by atoms with van der Waals surface area (Å²) in [6, 6.07) is 0. The van der Waals surface area contributed by atoms with Crippen molar-refractivity contribution in [3.8, 4) is 0 Å². The molecule has 0 N–H and O–H groups in total. The van der Waals surface area contributed by atoms with Crippen LogP contribution in [0.15, 0.2) is 24.3 Å². The number of carbonyl (C=O) groups excluding carboxylic acids is 2. The van der Waals surface area contributed by atoms with E-state index in [2.05, 4.69) is 40.9 Å². The molecule has 112 valence electrons. The van der Waals surface area contributed by atoms with Gasteiger partial charge in [-0.15, -0.1) is 0 Å². The first-order valence-electron chi connectivity index (χ1n) is 7.36. The minimum atomic E-state index is 0.173. The number of rotatable bonds is 0. The Labute approximate surface area is 123 Å². The Balaban J connectivity index is 0.000000200. The van der Waals surface area contributed by atoms with E-state index in [-0.39, 0.29) is 10.8 Å². The highest BCUT2D eigenvalue weighted by atomic mass is 16.1. The largest absolute Gasteiger partial charge is 0.299 e. The Kier molecular flexibility index (Phi) is 5.12. The number of Topliss-reactive ketones (excluding diaryl/α,β-unsaturated/α-hetero) is 2. The summed E-state index contributed by atoms with van der Waals surface area (Å²) in [5.41, 5.74) is 2.54. The lowest BCUT2D eigenvalue weighted by Crippen LogP contribution is -2.23. The maximum absolute atomic E-state index is 11.0. The van der Waals surface area contributed by atoms with E-state index < -0.39 is 0 Å². The molecule has 2 aliphatic rings. The predicted molar refractivity (Wildman–Crippen MR) is 83.6 cm³/mol. The van der Waals surface area contributed by atoms with Crippen molar-refractivity contribution >= 4 is 11.6 Å². The van der Waals surface area contributed by atoms with Gasteiger partial charge >= 0.3 is 0 Å². The van der Waals surface area contributed by atoms with E-state index in [1.165, 1.54) is 0 Å². The van der Waals surface area contributed by atoms with Gasteiger partial charge in [0.2, 0.25) is 0 Å². The summed E-state index contributed by atoms with van der Waals surface area (Å²) in [6.07, 6.45) is 4.71. The van der Waals surface area contributed by atoms with Crippen LogP contribution in [0.3, 0.4) is 0 Å². The molecule has 0 atom stereocenters. The molecule has 2 nitrogen and oxygen atoms in total. The molecule has 0 unspecified atom stereocenters. The Morgan fingerprint density at radius 3 is 1.20 bits per heavy atom. The summed E-state index contributed by atoms with van der Waals surface area (Å²) < 4.78 is 0. The van der Waals surface area contributed by atoms with E-state index >= 15 is 0 Å². The number of hydrogen-bond acceptors (Lipinski definition) is 2. The molecule has 0 amide bonds. The van der Waals surface area contributed by atoms with Gasteiger partial charge in [-0.25, -0.2) is 0 Å². The summed E-state index contributed by atoms with van der Waals surface area (Å²) in [7, 11) is 0. The smallest absolute Gasteiger partial charge is 0.137 e. The quantitative estimate of drug-likeness (QED) is 0.604. The standard InChI is InChI=1S/2C9H14O/c2*1-7-4-8(10)6-9(2,3)5-7/h2*1,4-6H2,2-3H3. The van der Waals surface area contributed by atoms with E-state index in [4.69, 9.17) is 0 Å². The fraction of sp³-hybridized carbons (Fsp3) is 0.667. The molecule has 2 saturated carbocycles. The number of ketones is 2. The van der Waals surface area contributed by atoms with Gasteiger partial charge in [-0.2, -0.15) is 0 Å². The zero-order valence-corrected chi connectivity index (χ0v) is 13.5. The van der Waals surface area contributed by atoms with Crippen molar-refractivity contribution in [1.82, 2.24) is 0 Å². The molecule has 0 radical (unpaired) electrons. The van der Waals surface area contributed by atoms with Crippen LogP contribution in [0, 0.1) is 10.8 Å². The molecule has 0 saturated heterocycles. The Bertz CT molecular complexity index is 360. The van der Waals surface area contributed by atoms with Crippen molar-refractivity contribution in [2.24, 2.45) is 10.8 Å². The second kappa shape index (κ2) is 6.07. The van der Waals surface area contributed by atoms with Gasteiger partial charge in [-0.1, -0.05) is 52.0 Å². The average molecular weight is 276 g/mol. The van der Waals surface area contributed by atoms with E-state index in [0.717, 1.165) is 36.8 Å². The van der Waals surface area contributed by atoms with Gasteiger partial charge in [0.15, 0.2) is 0 Å². The molecule has 0 aromatic rings. The molecule has 20 heavy (non-hydrogen) atoms. The molecule has 2 rings (SSSR count). The summed E-state index contributed by atoms with van der Waals surface area (Å²) in [4.78, 5) is 22.1. The molecule has 0 aliphatic heterocycles. The second-order valence-electron chi connectivity index (χ2n) is 7.97. The lowest BCUT2D eigenvalue weighted by molar-refractivity contribution is -0.122. The summed E-state index contributed by atoms with van der Waals surface area (Å²) >= 11 is 0. The van der Waals surface area contributed by atoms with Crippen molar-refractivity contribution in [1.29, 1.82) is 0 Å². The van der Waals surface area contributed by atoms with Gasteiger partial charge in [-0.05, 0) is 23.7 Å². The van der Waals surface area contributed by atoms with Crippen LogP contribution < -0.4 is 0 Å².